The maximum Gasteiger partial charge on any atom is 0.294 e. The van der Waals surface area contributed by atoms with Crippen LogP contribution in [0.3, 0.4) is 0 Å². The minimum absolute atomic E-state index is 0.140. The molecule has 144 valence electrons. The lowest BCUT2D eigenvalue weighted by Crippen LogP contribution is -2.31. The van der Waals surface area contributed by atoms with Gasteiger partial charge in [0.15, 0.2) is 11.5 Å². The molecule has 1 aromatic heterocycles. The molecule has 1 amide bonds. The van der Waals surface area contributed by atoms with Crippen LogP contribution in [0.5, 0.6) is 0 Å². The Kier molecular flexibility index (Phi) is 5.20. The van der Waals surface area contributed by atoms with Crippen molar-refractivity contribution in [3.8, 4) is 0 Å². The maximum absolute atomic E-state index is 13.1. The van der Waals surface area contributed by atoms with E-state index in [-0.39, 0.29) is 17.8 Å². The summed E-state index contributed by atoms with van der Waals surface area (Å²) in [6.45, 7) is 0. The fourth-order valence-corrected chi connectivity index (χ4v) is 3.64. The van der Waals surface area contributed by atoms with E-state index in [4.69, 9.17) is 0 Å². The van der Waals surface area contributed by atoms with Crippen molar-refractivity contribution in [3.05, 3.63) is 108 Å². The maximum atomic E-state index is 13.1. The Hall–Kier alpha value is -3.73. The zero-order chi connectivity index (χ0) is 20.2. The number of aryl methyl sites for hydroxylation is 1. The summed E-state index contributed by atoms with van der Waals surface area (Å²) >= 11 is 0. The highest BCUT2D eigenvalue weighted by molar-refractivity contribution is 6.16. The number of Topliss-reactive ketones (excluding diaryl/α,β-unsaturated/α-hetero) is 1. The molecule has 5 heteroatoms. The highest BCUT2D eigenvalue weighted by Crippen LogP contribution is 2.41. The molecule has 29 heavy (non-hydrogen) atoms. The molecule has 2 aromatic carbocycles. The van der Waals surface area contributed by atoms with Crippen LogP contribution >= 0.6 is 0 Å². The molecule has 2 heterocycles. The first-order valence-electron chi connectivity index (χ1n) is 9.45. The Labute approximate surface area is 169 Å². The summed E-state index contributed by atoms with van der Waals surface area (Å²) in [5.74, 6) is -1.28. The molecule has 1 aliphatic heterocycles. The molecule has 0 bridgehead atoms. The van der Waals surface area contributed by atoms with Crippen molar-refractivity contribution in [3.63, 3.8) is 0 Å². The number of ketones is 1. The summed E-state index contributed by atoms with van der Waals surface area (Å²) in [7, 11) is 0. The van der Waals surface area contributed by atoms with Gasteiger partial charge in [-0.1, -0.05) is 48.5 Å². The van der Waals surface area contributed by atoms with Gasteiger partial charge >= 0.3 is 0 Å². The first-order chi connectivity index (χ1) is 14.2. The van der Waals surface area contributed by atoms with E-state index in [1.54, 1.807) is 36.7 Å². The van der Waals surface area contributed by atoms with E-state index in [2.05, 4.69) is 4.98 Å². The van der Waals surface area contributed by atoms with Crippen LogP contribution in [0, 0.1) is 0 Å². The topological polar surface area (TPSA) is 70.5 Å². The highest BCUT2D eigenvalue weighted by atomic mass is 16.3. The van der Waals surface area contributed by atoms with Crippen LogP contribution in [-0.2, 0) is 16.0 Å². The number of anilines is 1. The van der Waals surface area contributed by atoms with Crippen LogP contribution < -0.4 is 4.90 Å². The predicted octanol–water partition coefficient (Wildman–Crippen LogP) is 4.18. The Bertz CT molecular complexity index is 1050. The molecule has 0 spiro atoms. The first-order valence-corrected chi connectivity index (χ1v) is 9.45. The van der Waals surface area contributed by atoms with Gasteiger partial charge in [-0.25, -0.2) is 0 Å². The minimum atomic E-state index is -0.684. The molecular weight excluding hydrogens is 364 g/mol. The van der Waals surface area contributed by atoms with Gasteiger partial charge in [0.25, 0.3) is 5.91 Å². The molecule has 0 saturated heterocycles. The van der Waals surface area contributed by atoms with Crippen LogP contribution in [0.15, 0.2) is 96.5 Å². The van der Waals surface area contributed by atoms with E-state index < -0.39 is 17.7 Å². The zero-order valence-electron chi connectivity index (χ0n) is 15.7. The second kappa shape index (κ2) is 8.10. The number of nitrogens with zero attached hydrogens (tertiary/aromatic N) is 2. The monoisotopic (exact) mass is 384 g/mol. The SMILES string of the molecule is O=C(CCc1ccccc1)C1=C(O)C(=O)N(c2ccccc2)C1c1ccncc1. The average Bonchev–Trinajstić information content (AvgIpc) is 3.05. The van der Waals surface area contributed by atoms with Crippen LogP contribution in [0.1, 0.15) is 23.6 Å². The second-order valence-corrected chi connectivity index (χ2v) is 6.86. The summed E-state index contributed by atoms with van der Waals surface area (Å²) in [5, 5.41) is 10.6. The van der Waals surface area contributed by atoms with Gasteiger partial charge in [0.2, 0.25) is 0 Å². The fraction of sp³-hybridized carbons (Fsp3) is 0.125. The van der Waals surface area contributed by atoms with E-state index in [9.17, 15) is 14.7 Å². The third-order valence-corrected chi connectivity index (χ3v) is 5.05. The van der Waals surface area contributed by atoms with Gasteiger partial charge in [0, 0.05) is 24.5 Å². The van der Waals surface area contributed by atoms with Crippen molar-refractivity contribution in [2.24, 2.45) is 0 Å². The van der Waals surface area contributed by atoms with E-state index in [1.165, 1.54) is 4.90 Å². The molecule has 1 N–H and O–H groups in total. The molecule has 0 radical (unpaired) electrons. The normalized spacial score (nSPS) is 16.3. The number of carbonyl (C=O) groups is 2. The van der Waals surface area contributed by atoms with Gasteiger partial charge in [0.1, 0.15) is 0 Å². The lowest BCUT2D eigenvalue weighted by molar-refractivity contribution is -0.118. The van der Waals surface area contributed by atoms with Gasteiger partial charge in [-0.2, -0.15) is 0 Å². The highest BCUT2D eigenvalue weighted by Gasteiger charge is 2.43. The lowest BCUT2D eigenvalue weighted by Gasteiger charge is -2.26. The van der Waals surface area contributed by atoms with Gasteiger partial charge in [-0.05, 0) is 41.8 Å². The fourth-order valence-electron chi connectivity index (χ4n) is 3.64. The number of rotatable bonds is 6. The molecule has 0 fully saturated rings. The summed E-state index contributed by atoms with van der Waals surface area (Å²) in [4.78, 5) is 31.6. The zero-order valence-corrected chi connectivity index (χ0v) is 15.7. The number of pyridine rings is 1. The van der Waals surface area contributed by atoms with E-state index in [0.29, 0.717) is 12.1 Å². The van der Waals surface area contributed by atoms with Crippen molar-refractivity contribution in [1.82, 2.24) is 4.98 Å². The third-order valence-electron chi connectivity index (χ3n) is 5.05. The van der Waals surface area contributed by atoms with Crippen LogP contribution in [0.4, 0.5) is 5.69 Å². The van der Waals surface area contributed by atoms with Gasteiger partial charge in [0.05, 0.1) is 11.6 Å². The number of aliphatic hydroxyl groups is 1. The summed E-state index contributed by atoms with van der Waals surface area (Å²) in [6, 6.07) is 21.6. The standard InChI is InChI=1S/C24H20N2O3/c27-20(12-11-17-7-3-1-4-8-17)21-22(18-13-15-25-16-14-18)26(24(29)23(21)28)19-9-5-2-6-10-19/h1-10,13-16,22,28H,11-12H2. The van der Waals surface area contributed by atoms with Crippen molar-refractivity contribution >= 4 is 17.4 Å². The first kappa shape index (κ1) is 18.6. The van der Waals surface area contributed by atoms with E-state index in [0.717, 1.165) is 11.1 Å². The molecule has 1 aliphatic rings. The predicted molar refractivity (Wildman–Crippen MR) is 110 cm³/mol. The quantitative estimate of drug-likeness (QED) is 0.692. The van der Waals surface area contributed by atoms with Crippen LogP contribution in [-0.4, -0.2) is 21.8 Å². The van der Waals surface area contributed by atoms with Crippen molar-refractivity contribution in [1.29, 1.82) is 0 Å². The molecule has 3 aromatic rings. The number of aliphatic hydroxyl groups excluding tert-OH is 1. The summed E-state index contributed by atoms with van der Waals surface area (Å²) in [6.07, 6.45) is 3.98. The van der Waals surface area contributed by atoms with Crippen molar-refractivity contribution < 1.29 is 14.7 Å². The molecule has 5 nitrogen and oxygen atoms in total. The minimum Gasteiger partial charge on any atom is -0.503 e. The van der Waals surface area contributed by atoms with Gasteiger partial charge in [-0.3, -0.25) is 19.5 Å². The van der Waals surface area contributed by atoms with Crippen molar-refractivity contribution in [2.75, 3.05) is 4.90 Å². The third kappa shape index (κ3) is 3.67. The number of benzene rings is 2. The summed E-state index contributed by atoms with van der Waals surface area (Å²) in [5.41, 5.74) is 2.52. The van der Waals surface area contributed by atoms with Crippen LogP contribution in [0.25, 0.3) is 0 Å². The number of hydrogen-bond acceptors (Lipinski definition) is 4. The van der Waals surface area contributed by atoms with E-state index in [1.807, 2.05) is 48.5 Å². The summed E-state index contributed by atoms with van der Waals surface area (Å²) < 4.78 is 0. The van der Waals surface area contributed by atoms with Crippen molar-refractivity contribution in [2.45, 2.75) is 18.9 Å². The number of aromatic nitrogens is 1. The average molecular weight is 384 g/mol. The van der Waals surface area contributed by atoms with Gasteiger partial charge < -0.3 is 5.11 Å². The molecule has 0 saturated carbocycles. The smallest absolute Gasteiger partial charge is 0.294 e. The molecular formula is C24H20N2O3. The number of para-hydroxylation sites is 1. The largest absolute Gasteiger partial charge is 0.503 e. The molecule has 1 atom stereocenters. The number of hydrogen-bond donors (Lipinski definition) is 1. The Morgan fingerprint density at radius 1 is 0.931 bits per heavy atom. The Morgan fingerprint density at radius 2 is 1.55 bits per heavy atom. The van der Waals surface area contributed by atoms with Crippen LogP contribution in [0.2, 0.25) is 0 Å². The lowest BCUT2D eigenvalue weighted by atomic mass is 9.93. The molecule has 1 unspecified atom stereocenters. The second-order valence-electron chi connectivity index (χ2n) is 6.86. The molecule has 0 aliphatic carbocycles. The Balaban J connectivity index is 1.70. The Morgan fingerprint density at radius 3 is 2.21 bits per heavy atom. The molecule has 4 rings (SSSR count). The van der Waals surface area contributed by atoms with Gasteiger partial charge in [-0.15, -0.1) is 0 Å². The number of amides is 1. The number of carbonyl (C=O) groups excluding carboxylic acids is 2. The van der Waals surface area contributed by atoms with E-state index >= 15 is 0 Å².